The molecule has 0 N–H and O–H groups in total. The van der Waals surface area contributed by atoms with Gasteiger partial charge in [0, 0.05) is 32.2 Å². The molecule has 5 nitrogen and oxygen atoms in total. The molecule has 3 aromatic carbocycles. The molecular formula is C25H26N2O3. The summed E-state index contributed by atoms with van der Waals surface area (Å²) in [7, 11) is 3.49. The summed E-state index contributed by atoms with van der Waals surface area (Å²) in [5.74, 6) is 1.07. The van der Waals surface area contributed by atoms with E-state index in [1.807, 2.05) is 60.5 Å². The fourth-order valence-electron chi connectivity index (χ4n) is 3.89. The zero-order valence-corrected chi connectivity index (χ0v) is 17.4. The topological polar surface area (TPSA) is 49.9 Å². The lowest BCUT2D eigenvalue weighted by Gasteiger charge is -2.19. The number of carbonyl (C=O) groups is 2. The standard InChI is InChI=1S/C25H26N2O3/c1-26(17-19-5-8-21-16-23(30-2)12-9-20(21)14-19)25(29)15-18-6-10-22(11-7-18)27-13-3-4-24(27)28/h5-12,14,16H,3-4,13,15,17H2,1-2H3. The quantitative estimate of drug-likeness (QED) is 0.622. The number of nitrogens with zero attached hydrogens (tertiary/aromatic N) is 2. The number of hydrogen-bond donors (Lipinski definition) is 0. The van der Waals surface area contributed by atoms with Gasteiger partial charge in [0.2, 0.25) is 11.8 Å². The summed E-state index contributed by atoms with van der Waals surface area (Å²) >= 11 is 0. The molecule has 1 saturated heterocycles. The van der Waals surface area contributed by atoms with Crippen LogP contribution < -0.4 is 9.64 Å². The lowest BCUT2D eigenvalue weighted by Crippen LogP contribution is -2.27. The summed E-state index contributed by atoms with van der Waals surface area (Å²) in [6, 6.07) is 20.0. The average Bonchev–Trinajstić information content (AvgIpc) is 3.19. The van der Waals surface area contributed by atoms with Gasteiger partial charge in [-0.1, -0.05) is 30.3 Å². The van der Waals surface area contributed by atoms with Crippen LogP contribution in [0.5, 0.6) is 5.75 Å². The molecule has 154 valence electrons. The van der Waals surface area contributed by atoms with E-state index in [4.69, 9.17) is 4.74 Å². The van der Waals surface area contributed by atoms with Gasteiger partial charge >= 0.3 is 0 Å². The fourth-order valence-corrected chi connectivity index (χ4v) is 3.89. The maximum absolute atomic E-state index is 12.7. The van der Waals surface area contributed by atoms with E-state index >= 15 is 0 Å². The molecule has 0 radical (unpaired) electrons. The minimum Gasteiger partial charge on any atom is -0.497 e. The minimum atomic E-state index is 0.0647. The Bertz CT molecular complexity index is 1080. The number of carbonyl (C=O) groups excluding carboxylic acids is 2. The highest BCUT2D eigenvalue weighted by molar-refractivity contribution is 5.95. The van der Waals surface area contributed by atoms with Crippen molar-refractivity contribution in [2.24, 2.45) is 0 Å². The van der Waals surface area contributed by atoms with Gasteiger partial charge in [-0.3, -0.25) is 9.59 Å². The molecule has 1 aliphatic rings. The average molecular weight is 402 g/mol. The van der Waals surface area contributed by atoms with Crippen molar-refractivity contribution in [1.82, 2.24) is 4.90 Å². The molecule has 0 aromatic heterocycles. The highest BCUT2D eigenvalue weighted by Gasteiger charge is 2.21. The second-order valence-corrected chi connectivity index (χ2v) is 7.79. The van der Waals surface area contributed by atoms with Crippen LogP contribution in [0.2, 0.25) is 0 Å². The molecule has 0 unspecified atom stereocenters. The molecule has 0 saturated carbocycles. The summed E-state index contributed by atoms with van der Waals surface area (Å²) in [6.07, 6.45) is 1.87. The Morgan fingerprint density at radius 3 is 2.40 bits per heavy atom. The van der Waals surface area contributed by atoms with E-state index in [-0.39, 0.29) is 11.8 Å². The molecule has 0 aliphatic carbocycles. The molecule has 1 fully saturated rings. The van der Waals surface area contributed by atoms with Crippen molar-refractivity contribution >= 4 is 28.3 Å². The summed E-state index contributed by atoms with van der Waals surface area (Å²) in [5.41, 5.74) is 2.95. The Kier molecular flexibility index (Phi) is 5.70. The monoisotopic (exact) mass is 402 g/mol. The van der Waals surface area contributed by atoms with Crippen LogP contribution in [0.4, 0.5) is 5.69 Å². The Morgan fingerprint density at radius 2 is 1.70 bits per heavy atom. The number of anilines is 1. The minimum absolute atomic E-state index is 0.0647. The van der Waals surface area contributed by atoms with Crippen molar-refractivity contribution in [3.8, 4) is 5.75 Å². The predicted molar refractivity (Wildman–Crippen MR) is 119 cm³/mol. The number of benzene rings is 3. The van der Waals surface area contributed by atoms with Gasteiger partial charge in [0.1, 0.15) is 5.75 Å². The van der Waals surface area contributed by atoms with Gasteiger partial charge in [-0.15, -0.1) is 0 Å². The summed E-state index contributed by atoms with van der Waals surface area (Å²) < 4.78 is 5.27. The highest BCUT2D eigenvalue weighted by Crippen LogP contribution is 2.23. The Labute approximate surface area is 176 Å². The van der Waals surface area contributed by atoms with Crippen LogP contribution in [0.3, 0.4) is 0 Å². The number of rotatable bonds is 6. The second kappa shape index (κ2) is 8.57. The number of amides is 2. The molecule has 0 bridgehead atoms. The van der Waals surface area contributed by atoms with Crippen LogP contribution in [0.15, 0.2) is 60.7 Å². The van der Waals surface area contributed by atoms with E-state index < -0.39 is 0 Å². The number of fused-ring (bicyclic) bond motifs is 1. The van der Waals surface area contributed by atoms with E-state index in [9.17, 15) is 9.59 Å². The lowest BCUT2D eigenvalue weighted by molar-refractivity contribution is -0.129. The van der Waals surface area contributed by atoms with Crippen molar-refractivity contribution < 1.29 is 14.3 Å². The summed E-state index contributed by atoms with van der Waals surface area (Å²) in [6.45, 7) is 1.33. The zero-order chi connectivity index (χ0) is 21.1. The van der Waals surface area contributed by atoms with Gasteiger partial charge in [-0.25, -0.2) is 0 Å². The first-order valence-electron chi connectivity index (χ1n) is 10.2. The first kappa shape index (κ1) is 20.0. The van der Waals surface area contributed by atoms with Gasteiger partial charge in [-0.2, -0.15) is 0 Å². The second-order valence-electron chi connectivity index (χ2n) is 7.79. The van der Waals surface area contributed by atoms with E-state index in [0.717, 1.165) is 46.3 Å². The van der Waals surface area contributed by atoms with Gasteiger partial charge in [0.25, 0.3) is 0 Å². The largest absolute Gasteiger partial charge is 0.497 e. The Hall–Kier alpha value is -3.34. The third-order valence-electron chi connectivity index (χ3n) is 5.63. The molecule has 0 spiro atoms. The fraction of sp³-hybridized carbons (Fsp3) is 0.280. The first-order chi connectivity index (χ1) is 14.5. The van der Waals surface area contributed by atoms with Gasteiger partial charge in [0.05, 0.1) is 13.5 Å². The predicted octanol–water partition coefficient (Wildman–Crippen LogP) is 4.18. The van der Waals surface area contributed by atoms with Crippen LogP contribution >= 0.6 is 0 Å². The number of hydrogen-bond acceptors (Lipinski definition) is 3. The summed E-state index contributed by atoms with van der Waals surface area (Å²) in [4.78, 5) is 28.1. The Morgan fingerprint density at radius 1 is 1.00 bits per heavy atom. The van der Waals surface area contributed by atoms with Crippen molar-refractivity contribution in [1.29, 1.82) is 0 Å². The summed E-state index contributed by atoms with van der Waals surface area (Å²) in [5, 5.41) is 2.24. The Balaban J connectivity index is 1.38. The number of likely N-dealkylation sites (N-methyl/N-ethyl adjacent to an activating group) is 1. The van der Waals surface area contributed by atoms with E-state index in [0.29, 0.717) is 19.4 Å². The van der Waals surface area contributed by atoms with E-state index in [1.165, 1.54) is 0 Å². The number of methoxy groups -OCH3 is 1. The smallest absolute Gasteiger partial charge is 0.227 e. The van der Waals surface area contributed by atoms with Crippen molar-refractivity contribution in [3.63, 3.8) is 0 Å². The van der Waals surface area contributed by atoms with Gasteiger partial charge in [-0.05, 0) is 58.7 Å². The van der Waals surface area contributed by atoms with Crippen molar-refractivity contribution in [2.75, 3.05) is 25.6 Å². The molecule has 30 heavy (non-hydrogen) atoms. The van der Waals surface area contributed by atoms with Gasteiger partial charge < -0.3 is 14.5 Å². The molecular weight excluding hydrogens is 376 g/mol. The van der Waals surface area contributed by atoms with E-state index in [2.05, 4.69) is 12.1 Å². The third kappa shape index (κ3) is 4.30. The van der Waals surface area contributed by atoms with Crippen molar-refractivity contribution in [2.45, 2.75) is 25.8 Å². The zero-order valence-electron chi connectivity index (χ0n) is 17.4. The highest BCUT2D eigenvalue weighted by atomic mass is 16.5. The number of ether oxygens (including phenoxy) is 1. The van der Waals surface area contributed by atoms with Crippen LogP contribution in [-0.2, 0) is 22.6 Å². The normalized spacial score (nSPS) is 13.7. The molecule has 3 aromatic rings. The molecule has 4 rings (SSSR count). The molecule has 1 aliphatic heterocycles. The maximum Gasteiger partial charge on any atom is 0.227 e. The molecule has 5 heteroatoms. The van der Waals surface area contributed by atoms with Crippen molar-refractivity contribution in [3.05, 3.63) is 71.8 Å². The van der Waals surface area contributed by atoms with Crippen LogP contribution in [0.25, 0.3) is 10.8 Å². The lowest BCUT2D eigenvalue weighted by atomic mass is 10.1. The van der Waals surface area contributed by atoms with Gasteiger partial charge in [0.15, 0.2) is 0 Å². The van der Waals surface area contributed by atoms with Crippen LogP contribution in [0, 0.1) is 0 Å². The van der Waals surface area contributed by atoms with Crippen LogP contribution in [-0.4, -0.2) is 37.4 Å². The molecule has 1 heterocycles. The van der Waals surface area contributed by atoms with Crippen LogP contribution in [0.1, 0.15) is 24.0 Å². The maximum atomic E-state index is 12.7. The molecule has 2 amide bonds. The molecule has 0 atom stereocenters. The SMILES string of the molecule is COc1ccc2cc(CN(C)C(=O)Cc3ccc(N4CCCC4=O)cc3)ccc2c1. The van der Waals surface area contributed by atoms with E-state index in [1.54, 1.807) is 12.0 Å². The third-order valence-corrected chi connectivity index (χ3v) is 5.63. The first-order valence-corrected chi connectivity index (χ1v) is 10.2.